The van der Waals surface area contributed by atoms with Crippen molar-refractivity contribution in [2.24, 2.45) is 0 Å². The van der Waals surface area contributed by atoms with Crippen LogP contribution in [0.25, 0.3) is 0 Å². The lowest BCUT2D eigenvalue weighted by molar-refractivity contribution is -0.237. The molecule has 0 aromatic heterocycles. The van der Waals surface area contributed by atoms with Crippen molar-refractivity contribution in [1.82, 2.24) is 5.32 Å². The summed E-state index contributed by atoms with van der Waals surface area (Å²) in [7, 11) is 0. The van der Waals surface area contributed by atoms with Crippen LogP contribution in [0.15, 0.2) is 24.3 Å². The van der Waals surface area contributed by atoms with E-state index in [1.807, 2.05) is 31.2 Å². The topological polar surface area (TPSA) is 12.0 Å². The van der Waals surface area contributed by atoms with Crippen LogP contribution < -0.4 is 5.32 Å². The van der Waals surface area contributed by atoms with E-state index in [9.17, 15) is 22.0 Å². The molecule has 0 atom stereocenters. The maximum absolute atomic E-state index is 12.5. The molecule has 108 valence electrons. The lowest BCUT2D eigenvalue weighted by Gasteiger charge is -2.18. The van der Waals surface area contributed by atoms with E-state index in [0.29, 0.717) is 6.54 Å². The smallest absolute Gasteiger partial charge is 0.312 e. The van der Waals surface area contributed by atoms with Gasteiger partial charge in [-0.3, -0.25) is 0 Å². The fourth-order valence-electron chi connectivity index (χ4n) is 1.39. The summed E-state index contributed by atoms with van der Waals surface area (Å²) >= 11 is -0.397. The summed E-state index contributed by atoms with van der Waals surface area (Å²) < 4.78 is 60.7. The van der Waals surface area contributed by atoms with Crippen molar-refractivity contribution in [3.8, 4) is 0 Å². The van der Waals surface area contributed by atoms with Gasteiger partial charge in [0.1, 0.15) is 0 Å². The summed E-state index contributed by atoms with van der Waals surface area (Å²) in [4.78, 5) is 0. The van der Waals surface area contributed by atoms with Gasteiger partial charge in [-0.15, -0.1) is 0 Å². The number of hydrogen-bond donors (Lipinski definition) is 1. The third-order valence-corrected chi connectivity index (χ3v) is 3.31. The highest BCUT2D eigenvalue weighted by Crippen LogP contribution is 2.43. The summed E-state index contributed by atoms with van der Waals surface area (Å²) in [6, 6.07) is 7.56. The molecule has 1 aromatic rings. The van der Waals surface area contributed by atoms with Crippen molar-refractivity contribution in [2.75, 3.05) is 12.3 Å². The van der Waals surface area contributed by atoms with Crippen molar-refractivity contribution >= 4 is 11.8 Å². The van der Waals surface area contributed by atoms with Gasteiger partial charge in [0.05, 0.1) is 0 Å². The van der Waals surface area contributed by atoms with Crippen molar-refractivity contribution in [2.45, 2.75) is 24.9 Å². The molecule has 0 amide bonds. The van der Waals surface area contributed by atoms with Gasteiger partial charge in [0.25, 0.3) is 0 Å². The Labute approximate surface area is 112 Å². The number of halogens is 5. The Morgan fingerprint density at radius 1 is 1.16 bits per heavy atom. The van der Waals surface area contributed by atoms with E-state index in [0.717, 1.165) is 11.1 Å². The molecule has 0 aliphatic heterocycles. The van der Waals surface area contributed by atoms with E-state index in [1.54, 1.807) is 0 Å². The van der Waals surface area contributed by atoms with E-state index in [4.69, 9.17) is 0 Å². The minimum absolute atomic E-state index is 0.0876. The molecule has 0 aliphatic carbocycles. The number of alkyl halides is 5. The van der Waals surface area contributed by atoms with Gasteiger partial charge in [0.15, 0.2) is 0 Å². The molecule has 19 heavy (non-hydrogen) atoms. The van der Waals surface area contributed by atoms with Crippen LogP contribution >= 0.6 is 11.8 Å². The molecule has 0 saturated heterocycles. The minimum Gasteiger partial charge on any atom is -0.312 e. The second-order valence-electron chi connectivity index (χ2n) is 4.03. The van der Waals surface area contributed by atoms with Crippen LogP contribution in [0.5, 0.6) is 0 Å². The monoisotopic (exact) mass is 299 g/mol. The normalized spacial score (nSPS) is 12.7. The molecular weight excluding hydrogens is 285 g/mol. The third-order valence-electron chi connectivity index (χ3n) is 2.30. The molecular formula is C12H14F5NS. The van der Waals surface area contributed by atoms with E-state index in [-0.39, 0.29) is 12.3 Å². The van der Waals surface area contributed by atoms with Crippen LogP contribution in [0, 0.1) is 6.92 Å². The minimum atomic E-state index is -5.49. The summed E-state index contributed by atoms with van der Waals surface area (Å²) in [5.74, 6) is -0.307. The highest BCUT2D eigenvalue weighted by atomic mass is 32.2. The third kappa shape index (κ3) is 5.36. The summed E-state index contributed by atoms with van der Waals surface area (Å²) in [5.41, 5.74) is 2.03. The van der Waals surface area contributed by atoms with Crippen molar-refractivity contribution in [3.63, 3.8) is 0 Å². The van der Waals surface area contributed by atoms with Gasteiger partial charge < -0.3 is 5.32 Å². The Bertz CT molecular complexity index is 405. The van der Waals surface area contributed by atoms with Crippen LogP contribution in [0.3, 0.4) is 0 Å². The molecule has 0 bridgehead atoms. The van der Waals surface area contributed by atoms with Crippen LogP contribution in [-0.4, -0.2) is 23.7 Å². The van der Waals surface area contributed by atoms with Gasteiger partial charge in [0.2, 0.25) is 0 Å². The van der Waals surface area contributed by atoms with Crippen molar-refractivity contribution in [1.29, 1.82) is 0 Å². The molecule has 7 heteroatoms. The highest BCUT2D eigenvalue weighted by Gasteiger charge is 2.57. The van der Waals surface area contributed by atoms with Crippen LogP contribution in [0.2, 0.25) is 0 Å². The first-order valence-corrected chi connectivity index (χ1v) is 6.56. The second kappa shape index (κ2) is 6.56. The van der Waals surface area contributed by atoms with E-state index in [2.05, 4.69) is 5.32 Å². The number of nitrogens with one attached hydrogen (secondary N) is 1. The van der Waals surface area contributed by atoms with E-state index < -0.39 is 23.2 Å². The number of aryl methyl sites for hydroxylation is 1. The van der Waals surface area contributed by atoms with Gasteiger partial charge in [-0.05, 0) is 12.5 Å². The van der Waals surface area contributed by atoms with Gasteiger partial charge in [0, 0.05) is 18.8 Å². The lowest BCUT2D eigenvalue weighted by Crippen LogP contribution is -2.34. The SMILES string of the molecule is Cc1cccc(CNCCSC(F)(F)C(F)(F)F)c1. The number of benzene rings is 1. The molecule has 1 rings (SSSR count). The first-order chi connectivity index (χ1) is 8.72. The molecule has 1 aromatic carbocycles. The van der Waals surface area contributed by atoms with E-state index >= 15 is 0 Å². The summed E-state index contributed by atoms with van der Waals surface area (Å²) in [6.07, 6.45) is -5.49. The Balaban J connectivity index is 2.25. The molecule has 0 radical (unpaired) electrons. The molecule has 0 unspecified atom stereocenters. The first kappa shape index (κ1) is 16.2. The largest absolute Gasteiger partial charge is 0.464 e. The van der Waals surface area contributed by atoms with Crippen LogP contribution in [0.1, 0.15) is 11.1 Å². The Kier molecular flexibility index (Phi) is 5.61. The van der Waals surface area contributed by atoms with Crippen molar-refractivity contribution in [3.05, 3.63) is 35.4 Å². The van der Waals surface area contributed by atoms with Gasteiger partial charge in [-0.2, -0.15) is 22.0 Å². The zero-order valence-corrected chi connectivity index (χ0v) is 11.0. The molecule has 1 nitrogen and oxygen atoms in total. The average molecular weight is 299 g/mol. The quantitative estimate of drug-likeness (QED) is 0.630. The maximum Gasteiger partial charge on any atom is 0.464 e. The average Bonchev–Trinajstić information content (AvgIpc) is 2.27. The summed E-state index contributed by atoms with van der Waals surface area (Å²) in [5, 5.41) is -1.85. The molecule has 0 heterocycles. The van der Waals surface area contributed by atoms with Gasteiger partial charge in [-0.1, -0.05) is 41.6 Å². The molecule has 0 fully saturated rings. The standard InChI is InChI=1S/C12H14F5NS/c1-9-3-2-4-10(7-9)8-18-5-6-19-12(16,17)11(13,14)15/h2-4,7,18H,5-6,8H2,1H3. The predicted molar refractivity (Wildman–Crippen MR) is 66.3 cm³/mol. The molecule has 0 aliphatic rings. The summed E-state index contributed by atoms with van der Waals surface area (Å²) in [6.45, 7) is 2.45. The lowest BCUT2D eigenvalue weighted by atomic mass is 10.1. The molecule has 0 saturated carbocycles. The Morgan fingerprint density at radius 3 is 2.42 bits per heavy atom. The molecule has 0 spiro atoms. The number of thioether (sulfide) groups is 1. The number of rotatable bonds is 6. The zero-order valence-electron chi connectivity index (χ0n) is 10.2. The van der Waals surface area contributed by atoms with E-state index in [1.165, 1.54) is 0 Å². The maximum atomic E-state index is 12.5. The predicted octanol–water partition coefficient (Wildman–Crippen LogP) is 3.97. The fraction of sp³-hybridized carbons (Fsp3) is 0.500. The van der Waals surface area contributed by atoms with Gasteiger partial charge >= 0.3 is 11.4 Å². The zero-order chi connectivity index (χ0) is 14.5. The van der Waals surface area contributed by atoms with Gasteiger partial charge in [-0.25, -0.2) is 0 Å². The Hall–Kier alpha value is -0.820. The second-order valence-corrected chi connectivity index (χ2v) is 5.24. The Morgan fingerprint density at radius 2 is 1.84 bits per heavy atom. The fourth-order valence-corrected chi connectivity index (χ4v) is 2.05. The van der Waals surface area contributed by atoms with Crippen LogP contribution in [0.4, 0.5) is 22.0 Å². The molecule has 1 N–H and O–H groups in total. The van der Waals surface area contributed by atoms with Crippen molar-refractivity contribution < 1.29 is 22.0 Å². The first-order valence-electron chi connectivity index (χ1n) is 5.57. The highest BCUT2D eigenvalue weighted by molar-refractivity contribution is 8.00. The number of hydrogen-bond acceptors (Lipinski definition) is 2. The van der Waals surface area contributed by atoms with Crippen LogP contribution in [-0.2, 0) is 6.54 Å².